The number of amides is 1. The Morgan fingerprint density at radius 3 is 2.70 bits per heavy atom. The van der Waals surface area contributed by atoms with E-state index in [4.69, 9.17) is 23.7 Å². The molecule has 160 valence electrons. The van der Waals surface area contributed by atoms with Gasteiger partial charge in [0, 0.05) is 25.3 Å². The summed E-state index contributed by atoms with van der Waals surface area (Å²) in [6.07, 6.45) is 0. The van der Waals surface area contributed by atoms with Gasteiger partial charge in [-0.15, -0.1) is 0 Å². The number of nitro groups is 1. The molecule has 2 aromatic rings. The highest BCUT2D eigenvalue weighted by Crippen LogP contribution is 2.36. The van der Waals surface area contributed by atoms with E-state index in [1.165, 1.54) is 26.4 Å². The Balaban J connectivity index is 1.82. The average Bonchev–Trinajstić information content (AvgIpc) is 2.77. The van der Waals surface area contributed by atoms with Crippen molar-refractivity contribution in [3.63, 3.8) is 0 Å². The van der Waals surface area contributed by atoms with Crippen LogP contribution < -0.4 is 24.3 Å². The average molecular weight is 418 g/mol. The van der Waals surface area contributed by atoms with Crippen molar-refractivity contribution in [1.29, 1.82) is 0 Å². The minimum atomic E-state index is -0.640. The molecule has 0 aliphatic carbocycles. The fraction of sp³-hybridized carbons (Fsp3) is 0.350. The van der Waals surface area contributed by atoms with Gasteiger partial charge in [-0.1, -0.05) is 12.1 Å². The van der Waals surface area contributed by atoms with Crippen LogP contribution in [0.3, 0.4) is 0 Å². The van der Waals surface area contributed by atoms with Crippen LogP contribution in [0.1, 0.15) is 15.9 Å². The van der Waals surface area contributed by atoms with E-state index in [1.54, 1.807) is 18.2 Å². The van der Waals surface area contributed by atoms with E-state index in [9.17, 15) is 14.9 Å². The van der Waals surface area contributed by atoms with Crippen molar-refractivity contribution in [3.05, 3.63) is 51.6 Å². The topological polar surface area (TPSA) is 118 Å². The molecule has 1 heterocycles. The first-order valence-corrected chi connectivity index (χ1v) is 9.19. The summed E-state index contributed by atoms with van der Waals surface area (Å²) in [5, 5.41) is 14.2. The number of methoxy groups -OCH3 is 2. The summed E-state index contributed by atoms with van der Waals surface area (Å²) in [6.45, 7) is 1.44. The molecule has 0 unspecified atom stereocenters. The zero-order valence-corrected chi connectivity index (χ0v) is 16.6. The molecule has 1 aliphatic rings. The van der Waals surface area contributed by atoms with Gasteiger partial charge in [0.1, 0.15) is 25.4 Å². The van der Waals surface area contributed by atoms with Gasteiger partial charge in [0.2, 0.25) is 0 Å². The predicted molar refractivity (Wildman–Crippen MR) is 106 cm³/mol. The van der Waals surface area contributed by atoms with E-state index in [-0.39, 0.29) is 30.2 Å². The zero-order valence-electron chi connectivity index (χ0n) is 16.6. The molecule has 3 rings (SSSR count). The van der Waals surface area contributed by atoms with E-state index in [2.05, 4.69) is 5.32 Å². The number of fused-ring (bicyclic) bond motifs is 1. The smallest absolute Gasteiger partial charge is 0.286 e. The van der Waals surface area contributed by atoms with E-state index in [1.807, 2.05) is 0 Å². The van der Waals surface area contributed by atoms with Gasteiger partial charge < -0.3 is 29.0 Å². The molecule has 0 atom stereocenters. The van der Waals surface area contributed by atoms with Crippen LogP contribution in [-0.4, -0.2) is 51.5 Å². The number of para-hydroxylation sites is 1. The van der Waals surface area contributed by atoms with E-state index in [0.29, 0.717) is 36.9 Å². The number of benzene rings is 2. The van der Waals surface area contributed by atoms with Gasteiger partial charge in [-0.2, -0.15) is 0 Å². The third-order valence-corrected chi connectivity index (χ3v) is 4.36. The maximum absolute atomic E-state index is 12.7. The maximum atomic E-state index is 12.7. The third-order valence-electron chi connectivity index (χ3n) is 4.36. The Bertz CT molecular complexity index is 931. The predicted octanol–water partition coefficient (Wildman–Crippen LogP) is 2.33. The Labute approximate surface area is 172 Å². The van der Waals surface area contributed by atoms with Crippen LogP contribution in [0.5, 0.6) is 23.0 Å². The lowest BCUT2D eigenvalue weighted by atomic mass is 10.1. The summed E-state index contributed by atoms with van der Waals surface area (Å²) < 4.78 is 26.8. The second kappa shape index (κ2) is 9.79. The normalized spacial score (nSPS) is 12.2. The van der Waals surface area contributed by atoms with Crippen molar-refractivity contribution in [2.75, 3.05) is 40.6 Å². The highest BCUT2D eigenvalue weighted by atomic mass is 16.6. The zero-order chi connectivity index (χ0) is 21.5. The second-order valence-electron chi connectivity index (χ2n) is 6.24. The lowest BCUT2D eigenvalue weighted by Gasteiger charge is -2.21. The van der Waals surface area contributed by atoms with Crippen LogP contribution in [-0.2, 0) is 11.3 Å². The van der Waals surface area contributed by atoms with Crippen molar-refractivity contribution >= 4 is 11.6 Å². The largest absolute Gasteiger partial charge is 0.493 e. The quantitative estimate of drug-likeness (QED) is 0.374. The van der Waals surface area contributed by atoms with Crippen LogP contribution in [0.4, 0.5) is 5.69 Å². The molecule has 2 aromatic carbocycles. The first-order valence-electron chi connectivity index (χ1n) is 9.19. The van der Waals surface area contributed by atoms with Crippen LogP contribution in [0.2, 0.25) is 0 Å². The van der Waals surface area contributed by atoms with Crippen LogP contribution in [0.25, 0.3) is 0 Å². The van der Waals surface area contributed by atoms with Crippen LogP contribution >= 0.6 is 0 Å². The van der Waals surface area contributed by atoms with Crippen molar-refractivity contribution < 1.29 is 33.4 Å². The number of carbonyl (C=O) groups is 1. The molecule has 0 saturated carbocycles. The van der Waals surface area contributed by atoms with Crippen LogP contribution in [0.15, 0.2) is 30.3 Å². The van der Waals surface area contributed by atoms with E-state index < -0.39 is 16.5 Å². The van der Waals surface area contributed by atoms with Crippen molar-refractivity contribution in [1.82, 2.24) is 5.32 Å². The molecule has 10 heteroatoms. The molecule has 0 spiro atoms. The highest BCUT2D eigenvalue weighted by Gasteiger charge is 2.25. The molecule has 30 heavy (non-hydrogen) atoms. The molecule has 0 radical (unpaired) electrons. The monoisotopic (exact) mass is 418 g/mol. The van der Waals surface area contributed by atoms with Gasteiger partial charge in [-0.25, -0.2) is 0 Å². The maximum Gasteiger partial charge on any atom is 0.286 e. The Morgan fingerprint density at radius 1 is 1.17 bits per heavy atom. The third kappa shape index (κ3) is 4.71. The fourth-order valence-corrected chi connectivity index (χ4v) is 2.93. The highest BCUT2D eigenvalue weighted by molar-refractivity contribution is 5.99. The second-order valence-corrected chi connectivity index (χ2v) is 6.24. The Hall–Kier alpha value is -3.53. The summed E-state index contributed by atoms with van der Waals surface area (Å²) in [5.74, 6) is 0.880. The molecule has 0 aromatic heterocycles. The Morgan fingerprint density at radius 2 is 1.97 bits per heavy atom. The minimum absolute atomic E-state index is 0.108. The van der Waals surface area contributed by atoms with Gasteiger partial charge in [0.25, 0.3) is 11.6 Å². The molecule has 1 N–H and O–H groups in total. The van der Waals surface area contributed by atoms with Crippen molar-refractivity contribution in [2.45, 2.75) is 6.54 Å². The molecule has 0 saturated heterocycles. The van der Waals surface area contributed by atoms with E-state index in [0.717, 1.165) is 0 Å². The molecule has 0 bridgehead atoms. The van der Waals surface area contributed by atoms with Gasteiger partial charge in [0.05, 0.1) is 24.7 Å². The minimum Gasteiger partial charge on any atom is -0.493 e. The molecule has 0 fully saturated rings. The summed E-state index contributed by atoms with van der Waals surface area (Å²) in [5.41, 5.74) is 0.169. The molecular weight excluding hydrogens is 396 g/mol. The molecule has 1 amide bonds. The Kier molecular flexibility index (Phi) is 6.91. The lowest BCUT2D eigenvalue weighted by Crippen LogP contribution is -2.25. The number of nitro benzene ring substituents is 1. The first-order chi connectivity index (χ1) is 14.5. The number of ether oxygens (including phenoxy) is 5. The van der Waals surface area contributed by atoms with Crippen molar-refractivity contribution in [3.8, 4) is 23.0 Å². The molecule has 1 aliphatic heterocycles. The van der Waals surface area contributed by atoms with Gasteiger partial charge in [-0.05, 0) is 6.07 Å². The number of rotatable bonds is 9. The SMILES string of the molecule is COCCOc1cc([N+](=O)[O-])c(C(=O)NCc2cccc3c2OCCO3)cc1OC. The first kappa shape index (κ1) is 21.2. The van der Waals surface area contributed by atoms with Crippen molar-refractivity contribution in [2.24, 2.45) is 0 Å². The fourth-order valence-electron chi connectivity index (χ4n) is 2.93. The summed E-state index contributed by atoms with van der Waals surface area (Å²) in [6, 6.07) is 7.81. The number of carbonyl (C=O) groups excluding carboxylic acids is 1. The standard InChI is InChI=1S/C20H22N2O8/c1-26-6-7-29-18-11-15(22(24)25)14(10-17(18)27-2)20(23)21-12-13-4-3-5-16-19(13)30-9-8-28-16/h3-5,10-11H,6-9,12H2,1-2H3,(H,21,23). The molecular formula is C20H22N2O8. The summed E-state index contributed by atoms with van der Waals surface area (Å²) in [7, 11) is 2.90. The van der Waals surface area contributed by atoms with Gasteiger partial charge >= 0.3 is 0 Å². The number of hydrogen-bond acceptors (Lipinski definition) is 8. The van der Waals surface area contributed by atoms with E-state index >= 15 is 0 Å². The van der Waals surface area contributed by atoms with Gasteiger partial charge in [-0.3, -0.25) is 14.9 Å². The number of nitrogens with one attached hydrogen (secondary N) is 1. The number of nitrogens with zero attached hydrogens (tertiary/aromatic N) is 1. The summed E-state index contributed by atoms with van der Waals surface area (Å²) >= 11 is 0. The number of hydrogen-bond donors (Lipinski definition) is 1. The molecule has 10 nitrogen and oxygen atoms in total. The van der Waals surface area contributed by atoms with Crippen LogP contribution in [0, 0.1) is 10.1 Å². The lowest BCUT2D eigenvalue weighted by molar-refractivity contribution is -0.385. The summed E-state index contributed by atoms with van der Waals surface area (Å²) in [4.78, 5) is 23.6. The van der Waals surface area contributed by atoms with Gasteiger partial charge in [0.15, 0.2) is 23.0 Å².